The van der Waals surface area contributed by atoms with Crippen molar-refractivity contribution in [2.45, 2.75) is 44.7 Å². The minimum absolute atomic E-state index is 0.00971. The second kappa shape index (κ2) is 8.93. The first kappa shape index (κ1) is 22.6. The van der Waals surface area contributed by atoms with Gasteiger partial charge < -0.3 is 4.74 Å². The Morgan fingerprint density at radius 1 is 1.00 bits per heavy atom. The highest BCUT2D eigenvalue weighted by Crippen LogP contribution is 2.29. The fourth-order valence-corrected chi connectivity index (χ4v) is 4.44. The molecule has 1 atom stereocenters. The maximum absolute atomic E-state index is 12.8. The Kier molecular flexibility index (Phi) is 6.71. The molecule has 160 valence electrons. The first-order valence-corrected chi connectivity index (χ1v) is 11.5. The van der Waals surface area contributed by atoms with Gasteiger partial charge in [-0.2, -0.15) is 0 Å². The number of hydrogen-bond acceptors (Lipinski definition) is 5. The minimum Gasteiger partial charge on any atom is -0.424 e. The van der Waals surface area contributed by atoms with Crippen molar-refractivity contribution in [2.24, 2.45) is 0 Å². The third-order valence-electron chi connectivity index (χ3n) is 4.36. The van der Waals surface area contributed by atoms with Gasteiger partial charge in [0.2, 0.25) is 10.0 Å². The first-order chi connectivity index (χ1) is 14.1. The molecule has 0 spiro atoms. The Labute approximate surface area is 186 Å². The summed E-state index contributed by atoms with van der Waals surface area (Å²) in [5, 5.41) is 8.73. The van der Waals surface area contributed by atoms with Crippen LogP contribution in [-0.4, -0.2) is 23.2 Å². The number of nitrogens with zero attached hydrogens (tertiary/aromatic N) is 3. The van der Waals surface area contributed by atoms with Crippen LogP contribution in [0.2, 0.25) is 10.0 Å². The molecule has 3 aromatic rings. The van der Waals surface area contributed by atoms with E-state index in [-0.39, 0.29) is 27.0 Å². The SMILES string of the molecule is Cc1ccc(Oc2nnc([C@@H](C)NS(=O)(=O)c3ccc(Cl)c(Cl)c3)n2C(C)C)cc1. The van der Waals surface area contributed by atoms with Crippen LogP contribution in [0, 0.1) is 6.92 Å². The summed E-state index contributed by atoms with van der Waals surface area (Å²) in [6.07, 6.45) is 0. The van der Waals surface area contributed by atoms with Crippen LogP contribution < -0.4 is 9.46 Å². The van der Waals surface area contributed by atoms with Crippen LogP contribution in [0.15, 0.2) is 47.4 Å². The highest BCUT2D eigenvalue weighted by atomic mass is 35.5. The van der Waals surface area contributed by atoms with Crippen LogP contribution in [-0.2, 0) is 10.0 Å². The zero-order valence-corrected chi connectivity index (χ0v) is 19.3. The van der Waals surface area contributed by atoms with Crippen molar-refractivity contribution in [3.05, 3.63) is 63.9 Å². The highest BCUT2D eigenvalue weighted by molar-refractivity contribution is 7.89. The molecule has 0 aliphatic carbocycles. The normalized spacial score (nSPS) is 12.9. The van der Waals surface area contributed by atoms with Gasteiger partial charge in [0, 0.05) is 6.04 Å². The molecule has 10 heteroatoms. The summed E-state index contributed by atoms with van der Waals surface area (Å²) in [4.78, 5) is 0.00971. The fraction of sp³-hybridized carbons (Fsp3) is 0.300. The van der Waals surface area contributed by atoms with Gasteiger partial charge >= 0.3 is 6.01 Å². The molecule has 0 amide bonds. The van der Waals surface area contributed by atoms with E-state index in [1.165, 1.54) is 18.2 Å². The summed E-state index contributed by atoms with van der Waals surface area (Å²) >= 11 is 11.8. The van der Waals surface area contributed by atoms with Crippen molar-refractivity contribution in [1.82, 2.24) is 19.5 Å². The molecule has 1 aromatic heterocycles. The summed E-state index contributed by atoms with van der Waals surface area (Å²) in [7, 11) is -3.86. The topological polar surface area (TPSA) is 86.1 Å². The average Bonchev–Trinajstić information content (AvgIpc) is 3.09. The Bertz CT molecular complexity index is 1150. The molecule has 0 saturated heterocycles. The Morgan fingerprint density at radius 3 is 2.27 bits per heavy atom. The molecule has 1 heterocycles. The lowest BCUT2D eigenvalue weighted by atomic mass is 10.2. The lowest BCUT2D eigenvalue weighted by molar-refractivity contribution is 0.386. The van der Waals surface area contributed by atoms with E-state index in [0.29, 0.717) is 11.6 Å². The zero-order valence-electron chi connectivity index (χ0n) is 16.9. The van der Waals surface area contributed by atoms with Crippen molar-refractivity contribution < 1.29 is 13.2 Å². The van der Waals surface area contributed by atoms with Gasteiger partial charge in [-0.15, -0.1) is 5.10 Å². The van der Waals surface area contributed by atoms with E-state index >= 15 is 0 Å². The van der Waals surface area contributed by atoms with Gasteiger partial charge in [-0.1, -0.05) is 46.0 Å². The summed E-state index contributed by atoms with van der Waals surface area (Å²) in [5.74, 6) is 1.04. The number of ether oxygens (including phenoxy) is 1. The average molecular weight is 469 g/mol. The number of aryl methyl sites for hydroxylation is 1. The van der Waals surface area contributed by atoms with Gasteiger partial charge in [0.05, 0.1) is 21.0 Å². The van der Waals surface area contributed by atoms with Crippen LogP contribution in [0.1, 0.15) is 44.2 Å². The van der Waals surface area contributed by atoms with Crippen molar-refractivity contribution in [2.75, 3.05) is 0 Å². The number of aromatic nitrogens is 3. The van der Waals surface area contributed by atoms with Crippen molar-refractivity contribution in [3.8, 4) is 11.8 Å². The van der Waals surface area contributed by atoms with Crippen LogP contribution in [0.4, 0.5) is 0 Å². The van der Waals surface area contributed by atoms with E-state index in [9.17, 15) is 8.42 Å². The molecule has 0 aliphatic rings. The maximum Gasteiger partial charge on any atom is 0.322 e. The van der Waals surface area contributed by atoms with Crippen LogP contribution in [0.3, 0.4) is 0 Å². The van der Waals surface area contributed by atoms with Crippen LogP contribution in [0.25, 0.3) is 0 Å². The quantitative estimate of drug-likeness (QED) is 0.507. The highest BCUT2D eigenvalue weighted by Gasteiger charge is 2.26. The van der Waals surface area contributed by atoms with E-state index in [2.05, 4.69) is 14.9 Å². The van der Waals surface area contributed by atoms with E-state index in [1.54, 1.807) is 11.5 Å². The Hall–Kier alpha value is -2.13. The van der Waals surface area contributed by atoms with Gasteiger partial charge in [-0.25, -0.2) is 13.1 Å². The first-order valence-electron chi connectivity index (χ1n) is 9.25. The van der Waals surface area contributed by atoms with E-state index in [1.807, 2.05) is 45.0 Å². The molecule has 0 radical (unpaired) electrons. The molecule has 0 unspecified atom stereocenters. The fourth-order valence-electron chi connectivity index (χ4n) is 2.85. The van der Waals surface area contributed by atoms with Crippen LogP contribution >= 0.6 is 23.2 Å². The lowest BCUT2D eigenvalue weighted by Crippen LogP contribution is -2.29. The maximum atomic E-state index is 12.8. The molecular formula is C20H22Cl2N4O3S. The number of nitrogens with one attached hydrogen (secondary N) is 1. The van der Waals surface area contributed by atoms with Gasteiger partial charge in [0.25, 0.3) is 0 Å². The zero-order chi connectivity index (χ0) is 22.1. The second-order valence-corrected chi connectivity index (χ2v) is 9.67. The largest absolute Gasteiger partial charge is 0.424 e. The summed E-state index contributed by atoms with van der Waals surface area (Å²) in [6.45, 7) is 7.55. The number of hydrogen-bond donors (Lipinski definition) is 1. The smallest absolute Gasteiger partial charge is 0.322 e. The predicted molar refractivity (Wildman–Crippen MR) is 117 cm³/mol. The lowest BCUT2D eigenvalue weighted by Gasteiger charge is -2.18. The van der Waals surface area contributed by atoms with Gasteiger partial charge in [0.15, 0.2) is 5.82 Å². The molecule has 2 aromatic carbocycles. The van der Waals surface area contributed by atoms with E-state index in [0.717, 1.165) is 5.56 Å². The summed E-state index contributed by atoms with van der Waals surface area (Å²) in [6, 6.07) is 11.2. The molecular weight excluding hydrogens is 447 g/mol. The molecule has 7 nitrogen and oxygen atoms in total. The van der Waals surface area contributed by atoms with E-state index in [4.69, 9.17) is 27.9 Å². The third-order valence-corrected chi connectivity index (χ3v) is 6.64. The number of rotatable bonds is 7. The Morgan fingerprint density at radius 2 is 1.67 bits per heavy atom. The molecule has 0 aliphatic heterocycles. The Balaban J connectivity index is 1.88. The molecule has 3 rings (SSSR count). The van der Waals surface area contributed by atoms with Crippen molar-refractivity contribution >= 4 is 33.2 Å². The van der Waals surface area contributed by atoms with Crippen LogP contribution in [0.5, 0.6) is 11.8 Å². The molecule has 0 bridgehead atoms. The second-order valence-electron chi connectivity index (χ2n) is 7.14. The standard InChI is InChI=1S/C20H22Cl2N4O3S/c1-12(2)26-19(23-24-20(26)29-15-7-5-13(3)6-8-15)14(4)25-30(27,28)16-9-10-17(21)18(22)11-16/h5-12,14,25H,1-4H3/t14-/m1/s1. The monoisotopic (exact) mass is 468 g/mol. The number of sulfonamides is 1. The molecule has 1 N–H and O–H groups in total. The third kappa shape index (κ3) is 4.95. The minimum atomic E-state index is -3.86. The van der Waals surface area contributed by atoms with Crippen molar-refractivity contribution in [1.29, 1.82) is 0 Å². The summed E-state index contributed by atoms with van der Waals surface area (Å²) in [5.41, 5.74) is 1.11. The molecule has 30 heavy (non-hydrogen) atoms. The molecule has 0 fully saturated rings. The summed E-state index contributed by atoms with van der Waals surface area (Å²) < 4.78 is 35.8. The van der Waals surface area contributed by atoms with E-state index < -0.39 is 16.1 Å². The van der Waals surface area contributed by atoms with Gasteiger partial charge in [0.1, 0.15) is 5.75 Å². The van der Waals surface area contributed by atoms with Gasteiger partial charge in [-0.05, 0) is 58.0 Å². The number of benzene rings is 2. The predicted octanol–water partition coefficient (Wildman–Crippen LogP) is 5.31. The van der Waals surface area contributed by atoms with Crippen molar-refractivity contribution in [3.63, 3.8) is 0 Å². The number of halogens is 2. The van der Waals surface area contributed by atoms with Gasteiger partial charge in [-0.3, -0.25) is 4.57 Å². The molecule has 0 saturated carbocycles.